The molecule has 124 valence electrons. The lowest BCUT2D eigenvalue weighted by atomic mass is 10.0. The standard InChI is InChI=1S/C17H21ClFN3S/c1-12-20-8-16(23-12)9-21-15-3-2-6-22(11-15)10-13-4-5-14(19)7-17(13)18/h4-5,7-8,15,21H,2-3,6,9-11H2,1H3. The summed E-state index contributed by atoms with van der Waals surface area (Å²) in [5.41, 5.74) is 0.992. The van der Waals surface area contributed by atoms with Crippen LogP contribution in [-0.4, -0.2) is 29.0 Å². The molecule has 1 atom stereocenters. The molecule has 3 rings (SSSR count). The fraction of sp³-hybridized carbons (Fsp3) is 0.471. The molecule has 2 heterocycles. The topological polar surface area (TPSA) is 28.2 Å². The van der Waals surface area contributed by atoms with Gasteiger partial charge in [0.15, 0.2) is 0 Å². The zero-order chi connectivity index (χ0) is 16.2. The molecule has 0 bridgehead atoms. The number of nitrogens with one attached hydrogen (secondary N) is 1. The van der Waals surface area contributed by atoms with E-state index < -0.39 is 0 Å². The molecule has 1 aromatic carbocycles. The van der Waals surface area contributed by atoms with Crippen LogP contribution in [0.4, 0.5) is 4.39 Å². The van der Waals surface area contributed by atoms with Crippen molar-refractivity contribution in [3.63, 3.8) is 0 Å². The van der Waals surface area contributed by atoms with Crippen molar-refractivity contribution in [3.8, 4) is 0 Å². The molecule has 1 unspecified atom stereocenters. The van der Waals surface area contributed by atoms with E-state index in [1.165, 1.54) is 23.4 Å². The summed E-state index contributed by atoms with van der Waals surface area (Å²) in [4.78, 5) is 7.96. The molecule has 1 aliphatic rings. The van der Waals surface area contributed by atoms with Gasteiger partial charge in [-0.1, -0.05) is 17.7 Å². The van der Waals surface area contributed by atoms with Gasteiger partial charge in [0.2, 0.25) is 0 Å². The highest BCUT2D eigenvalue weighted by atomic mass is 35.5. The second-order valence-corrected chi connectivity index (χ2v) is 7.76. The Kier molecular flexibility index (Phi) is 5.64. The highest BCUT2D eigenvalue weighted by molar-refractivity contribution is 7.11. The molecular formula is C17H21ClFN3S. The van der Waals surface area contributed by atoms with Gasteiger partial charge in [-0.2, -0.15) is 0 Å². The number of likely N-dealkylation sites (tertiary alicyclic amines) is 1. The van der Waals surface area contributed by atoms with Crippen LogP contribution in [0.25, 0.3) is 0 Å². The van der Waals surface area contributed by atoms with E-state index in [-0.39, 0.29) is 5.82 Å². The number of aromatic nitrogens is 1. The maximum Gasteiger partial charge on any atom is 0.124 e. The minimum absolute atomic E-state index is 0.281. The molecule has 0 spiro atoms. The molecule has 0 saturated carbocycles. The lowest BCUT2D eigenvalue weighted by Gasteiger charge is -2.33. The zero-order valence-electron chi connectivity index (χ0n) is 13.2. The molecule has 23 heavy (non-hydrogen) atoms. The molecule has 1 aliphatic heterocycles. The maximum absolute atomic E-state index is 13.1. The first kappa shape index (κ1) is 16.8. The summed E-state index contributed by atoms with van der Waals surface area (Å²) in [6.07, 6.45) is 4.30. The fourth-order valence-electron chi connectivity index (χ4n) is 2.99. The highest BCUT2D eigenvalue weighted by Crippen LogP contribution is 2.21. The van der Waals surface area contributed by atoms with Crippen molar-refractivity contribution in [2.45, 2.75) is 38.9 Å². The quantitative estimate of drug-likeness (QED) is 0.880. The van der Waals surface area contributed by atoms with Crippen LogP contribution in [0.2, 0.25) is 5.02 Å². The molecule has 1 saturated heterocycles. The molecule has 1 aromatic heterocycles. The predicted octanol–water partition coefficient (Wildman–Crippen LogP) is 4.00. The van der Waals surface area contributed by atoms with Gasteiger partial charge in [-0.25, -0.2) is 9.37 Å². The summed E-state index contributed by atoms with van der Waals surface area (Å²) < 4.78 is 13.1. The minimum Gasteiger partial charge on any atom is -0.308 e. The van der Waals surface area contributed by atoms with E-state index in [0.717, 1.165) is 43.2 Å². The average molecular weight is 354 g/mol. The van der Waals surface area contributed by atoms with Gasteiger partial charge in [-0.05, 0) is 44.0 Å². The normalized spacial score (nSPS) is 19.2. The Bertz CT molecular complexity index is 661. The van der Waals surface area contributed by atoms with Gasteiger partial charge in [0, 0.05) is 41.8 Å². The number of nitrogens with zero attached hydrogens (tertiary/aromatic N) is 2. The number of aryl methyl sites for hydroxylation is 1. The Balaban J connectivity index is 1.53. The second kappa shape index (κ2) is 7.71. The van der Waals surface area contributed by atoms with Crippen molar-refractivity contribution in [1.29, 1.82) is 0 Å². The van der Waals surface area contributed by atoms with E-state index >= 15 is 0 Å². The highest BCUT2D eigenvalue weighted by Gasteiger charge is 2.20. The van der Waals surface area contributed by atoms with E-state index in [4.69, 9.17) is 11.6 Å². The third-order valence-electron chi connectivity index (χ3n) is 4.15. The van der Waals surface area contributed by atoms with Crippen LogP contribution < -0.4 is 5.32 Å². The summed E-state index contributed by atoms with van der Waals surface area (Å²) in [7, 11) is 0. The van der Waals surface area contributed by atoms with Crippen molar-refractivity contribution >= 4 is 22.9 Å². The number of rotatable bonds is 5. The fourth-order valence-corrected chi connectivity index (χ4v) is 3.96. The Hall–Kier alpha value is -1.01. The molecule has 1 N–H and O–H groups in total. The Morgan fingerprint density at radius 1 is 1.48 bits per heavy atom. The molecule has 0 radical (unpaired) electrons. The van der Waals surface area contributed by atoms with Crippen molar-refractivity contribution in [2.24, 2.45) is 0 Å². The van der Waals surface area contributed by atoms with Crippen molar-refractivity contribution < 1.29 is 4.39 Å². The van der Waals surface area contributed by atoms with Crippen LogP contribution in [0.3, 0.4) is 0 Å². The largest absolute Gasteiger partial charge is 0.308 e. The average Bonchev–Trinajstić information content (AvgIpc) is 2.94. The summed E-state index contributed by atoms with van der Waals surface area (Å²) in [6, 6.07) is 5.13. The van der Waals surface area contributed by atoms with E-state index in [1.807, 2.05) is 13.1 Å². The van der Waals surface area contributed by atoms with Gasteiger partial charge in [0.25, 0.3) is 0 Å². The van der Waals surface area contributed by atoms with Gasteiger partial charge in [0.1, 0.15) is 5.82 Å². The number of hydrogen-bond acceptors (Lipinski definition) is 4. The summed E-state index contributed by atoms with van der Waals surface area (Å²) in [5.74, 6) is -0.281. The lowest BCUT2D eigenvalue weighted by Crippen LogP contribution is -2.44. The third kappa shape index (κ3) is 4.73. The van der Waals surface area contributed by atoms with Gasteiger partial charge in [0.05, 0.1) is 5.01 Å². The predicted molar refractivity (Wildman–Crippen MR) is 93.4 cm³/mol. The molecule has 6 heteroatoms. The van der Waals surface area contributed by atoms with Crippen molar-refractivity contribution in [1.82, 2.24) is 15.2 Å². The first-order valence-corrected chi connectivity index (χ1v) is 9.10. The third-order valence-corrected chi connectivity index (χ3v) is 5.41. The number of benzene rings is 1. The van der Waals surface area contributed by atoms with Crippen LogP contribution in [0.1, 0.15) is 28.3 Å². The number of piperidine rings is 1. The molecule has 0 aliphatic carbocycles. The van der Waals surface area contributed by atoms with Crippen LogP contribution in [-0.2, 0) is 13.1 Å². The van der Waals surface area contributed by atoms with E-state index in [0.29, 0.717) is 11.1 Å². The smallest absolute Gasteiger partial charge is 0.124 e. The summed E-state index contributed by atoms with van der Waals surface area (Å²) in [5, 5.41) is 5.25. The van der Waals surface area contributed by atoms with Crippen LogP contribution in [0.15, 0.2) is 24.4 Å². The molecule has 1 fully saturated rings. The zero-order valence-corrected chi connectivity index (χ0v) is 14.8. The Labute approximate surface area is 145 Å². The molecular weight excluding hydrogens is 333 g/mol. The van der Waals surface area contributed by atoms with Crippen molar-refractivity contribution in [2.75, 3.05) is 13.1 Å². The van der Waals surface area contributed by atoms with Gasteiger partial charge in [-0.15, -0.1) is 11.3 Å². The molecule has 0 amide bonds. The Morgan fingerprint density at radius 2 is 2.35 bits per heavy atom. The number of hydrogen-bond donors (Lipinski definition) is 1. The van der Waals surface area contributed by atoms with Crippen LogP contribution >= 0.6 is 22.9 Å². The van der Waals surface area contributed by atoms with Gasteiger partial charge >= 0.3 is 0 Å². The lowest BCUT2D eigenvalue weighted by molar-refractivity contribution is 0.183. The van der Waals surface area contributed by atoms with E-state index in [1.54, 1.807) is 17.4 Å². The van der Waals surface area contributed by atoms with E-state index in [2.05, 4.69) is 15.2 Å². The monoisotopic (exact) mass is 353 g/mol. The van der Waals surface area contributed by atoms with Gasteiger partial charge in [-0.3, -0.25) is 4.90 Å². The first-order valence-electron chi connectivity index (χ1n) is 7.91. The number of halogens is 2. The van der Waals surface area contributed by atoms with Crippen molar-refractivity contribution in [3.05, 3.63) is 50.7 Å². The van der Waals surface area contributed by atoms with Gasteiger partial charge < -0.3 is 5.32 Å². The Morgan fingerprint density at radius 3 is 3.09 bits per heavy atom. The van der Waals surface area contributed by atoms with E-state index in [9.17, 15) is 4.39 Å². The molecule has 3 nitrogen and oxygen atoms in total. The SMILES string of the molecule is Cc1ncc(CNC2CCCN(Cc3ccc(F)cc3Cl)C2)s1. The summed E-state index contributed by atoms with van der Waals surface area (Å²) in [6.45, 7) is 5.73. The number of thiazole rings is 1. The first-order chi connectivity index (χ1) is 11.1. The summed E-state index contributed by atoms with van der Waals surface area (Å²) >= 11 is 7.88. The minimum atomic E-state index is -0.281. The second-order valence-electron chi connectivity index (χ2n) is 6.04. The molecule has 2 aromatic rings. The van der Waals surface area contributed by atoms with Crippen LogP contribution in [0.5, 0.6) is 0 Å². The maximum atomic E-state index is 13.1. The van der Waals surface area contributed by atoms with Crippen LogP contribution in [0, 0.1) is 12.7 Å².